The van der Waals surface area contributed by atoms with Gasteiger partial charge in [-0.25, -0.2) is 0 Å². The summed E-state index contributed by atoms with van der Waals surface area (Å²) in [4.78, 5) is 29.6. The van der Waals surface area contributed by atoms with Gasteiger partial charge in [0.25, 0.3) is 11.8 Å². The maximum absolute atomic E-state index is 12.8. The minimum atomic E-state index is -0.0545. The molecule has 1 aliphatic carbocycles. The van der Waals surface area contributed by atoms with E-state index in [1.807, 2.05) is 24.1 Å². The van der Waals surface area contributed by atoms with Crippen molar-refractivity contribution in [3.63, 3.8) is 0 Å². The zero-order valence-electron chi connectivity index (χ0n) is 16.2. The molecule has 3 aliphatic rings. The van der Waals surface area contributed by atoms with Crippen LogP contribution in [0.1, 0.15) is 72.1 Å². The summed E-state index contributed by atoms with van der Waals surface area (Å²) in [6.45, 7) is 1.50. The van der Waals surface area contributed by atoms with E-state index in [-0.39, 0.29) is 18.0 Å². The van der Waals surface area contributed by atoms with Gasteiger partial charge in [0.15, 0.2) is 0 Å². The molecule has 5 nitrogen and oxygen atoms in total. The molecule has 1 aromatic carbocycles. The number of hydrogen-bond donors (Lipinski definition) is 1. The van der Waals surface area contributed by atoms with Crippen molar-refractivity contribution < 1.29 is 9.59 Å². The average Bonchev–Trinajstić information content (AvgIpc) is 2.72. The van der Waals surface area contributed by atoms with Crippen molar-refractivity contribution in [3.8, 4) is 0 Å². The number of rotatable bonds is 4. The molecule has 1 aromatic rings. The standard InChI is InChI=1S/C22H29N3O2/c1-24-19-15-17(21(26)23-13-12-16-7-3-2-4-8-16)10-11-18(19)22(27)25-14-6-5-9-20(24)25/h7,10-11,15,20H,2-6,8-9,12-14H2,1H3,(H,23,26)/t20-/m1/s1. The van der Waals surface area contributed by atoms with Crippen molar-refractivity contribution in [3.05, 3.63) is 41.0 Å². The molecular weight excluding hydrogens is 338 g/mol. The van der Waals surface area contributed by atoms with Crippen molar-refractivity contribution in [2.75, 3.05) is 25.0 Å². The molecule has 2 heterocycles. The Kier molecular flexibility index (Phi) is 5.19. The molecule has 0 aromatic heterocycles. The SMILES string of the molecule is CN1c2cc(C(=O)NCCC3=CCCCC3)ccc2C(=O)N2CCCC[C@@H]21. The third kappa shape index (κ3) is 3.60. The molecule has 1 N–H and O–H groups in total. The van der Waals surface area contributed by atoms with Gasteiger partial charge in [-0.2, -0.15) is 0 Å². The number of allylic oxidation sites excluding steroid dienone is 1. The van der Waals surface area contributed by atoms with Crippen molar-refractivity contribution >= 4 is 17.5 Å². The predicted molar refractivity (Wildman–Crippen MR) is 107 cm³/mol. The van der Waals surface area contributed by atoms with Gasteiger partial charge in [0, 0.05) is 25.7 Å². The Balaban J connectivity index is 1.45. The quantitative estimate of drug-likeness (QED) is 0.826. The summed E-state index contributed by atoms with van der Waals surface area (Å²) in [5, 5.41) is 3.04. The molecule has 2 aliphatic heterocycles. The van der Waals surface area contributed by atoms with E-state index < -0.39 is 0 Å². The van der Waals surface area contributed by atoms with Crippen molar-refractivity contribution in [1.29, 1.82) is 0 Å². The zero-order valence-corrected chi connectivity index (χ0v) is 16.2. The van der Waals surface area contributed by atoms with Gasteiger partial charge in [-0.1, -0.05) is 11.6 Å². The zero-order chi connectivity index (χ0) is 18.8. The van der Waals surface area contributed by atoms with Crippen LogP contribution in [0.4, 0.5) is 5.69 Å². The Morgan fingerprint density at radius 1 is 1.22 bits per heavy atom. The summed E-state index contributed by atoms with van der Waals surface area (Å²) < 4.78 is 0. The third-order valence-electron chi connectivity index (χ3n) is 6.17. The first-order valence-electron chi connectivity index (χ1n) is 10.3. The summed E-state index contributed by atoms with van der Waals surface area (Å²) in [6.07, 6.45) is 11.5. The summed E-state index contributed by atoms with van der Waals surface area (Å²) in [5.41, 5.74) is 3.69. The Morgan fingerprint density at radius 3 is 2.93 bits per heavy atom. The lowest BCUT2D eigenvalue weighted by Gasteiger charge is -2.46. The van der Waals surface area contributed by atoms with Crippen LogP contribution in [0.2, 0.25) is 0 Å². The molecule has 0 saturated carbocycles. The van der Waals surface area contributed by atoms with Crippen LogP contribution in [-0.4, -0.2) is 43.0 Å². The molecule has 5 heteroatoms. The van der Waals surface area contributed by atoms with Crippen molar-refractivity contribution in [2.45, 2.75) is 57.5 Å². The van der Waals surface area contributed by atoms with E-state index in [1.54, 1.807) is 6.07 Å². The number of nitrogens with one attached hydrogen (secondary N) is 1. The molecule has 0 bridgehead atoms. The van der Waals surface area contributed by atoms with Crippen LogP contribution >= 0.6 is 0 Å². The van der Waals surface area contributed by atoms with Gasteiger partial charge in [-0.05, 0) is 69.6 Å². The average molecular weight is 367 g/mol. The smallest absolute Gasteiger partial charge is 0.257 e. The molecule has 1 fully saturated rings. The highest BCUT2D eigenvalue weighted by molar-refractivity contribution is 6.04. The van der Waals surface area contributed by atoms with Gasteiger partial charge in [0.1, 0.15) is 6.17 Å². The Bertz CT molecular complexity index is 771. The number of benzene rings is 1. The molecule has 1 saturated heterocycles. The second kappa shape index (κ2) is 7.75. The van der Waals surface area contributed by atoms with Crippen LogP contribution in [0.25, 0.3) is 0 Å². The maximum Gasteiger partial charge on any atom is 0.257 e. The number of fused-ring (bicyclic) bond motifs is 2. The molecule has 2 amide bonds. The first-order chi connectivity index (χ1) is 13.1. The number of nitrogens with zero attached hydrogens (tertiary/aromatic N) is 2. The highest BCUT2D eigenvalue weighted by Crippen LogP contribution is 2.34. The summed E-state index contributed by atoms with van der Waals surface area (Å²) >= 11 is 0. The van der Waals surface area contributed by atoms with E-state index in [4.69, 9.17) is 0 Å². The summed E-state index contributed by atoms with van der Waals surface area (Å²) in [7, 11) is 2.03. The number of piperidine rings is 1. The molecular formula is C22H29N3O2. The predicted octanol–water partition coefficient (Wildman–Crippen LogP) is 3.71. The maximum atomic E-state index is 12.8. The number of carbonyl (C=O) groups excluding carboxylic acids is 2. The van der Waals surface area contributed by atoms with Crippen LogP contribution in [-0.2, 0) is 0 Å². The minimum absolute atomic E-state index is 0.0545. The van der Waals surface area contributed by atoms with Crippen LogP contribution in [0.15, 0.2) is 29.8 Å². The summed E-state index contributed by atoms with van der Waals surface area (Å²) in [5.74, 6) is 0.0464. The highest BCUT2D eigenvalue weighted by Gasteiger charge is 2.37. The Hall–Kier alpha value is -2.30. The number of carbonyl (C=O) groups is 2. The number of anilines is 1. The molecule has 0 spiro atoms. The van der Waals surface area contributed by atoms with Crippen LogP contribution in [0.5, 0.6) is 0 Å². The molecule has 1 atom stereocenters. The van der Waals surface area contributed by atoms with Gasteiger partial charge in [0.2, 0.25) is 0 Å². The number of hydrogen-bond acceptors (Lipinski definition) is 3. The van der Waals surface area contributed by atoms with E-state index in [9.17, 15) is 9.59 Å². The normalized spacial score (nSPS) is 22.0. The van der Waals surface area contributed by atoms with E-state index in [0.717, 1.165) is 37.9 Å². The van der Waals surface area contributed by atoms with E-state index in [2.05, 4.69) is 16.3 Å². The lowest BCUT2D eigenvalue weighted by atomic mass is 9.97. The topological polar surface area (TPSA) is 52.7 Å². The molecule has 0 unspecified atom stereocenters. The lowest BCUT2D eigenvalue weighted by Crippen LogP contribution is -2.55. The Morgan fingerprint density at radius 2 is 2.11 bits per heavy atom. The molecule has 27 heavy (non-hydrogen) atoms. The highest BCUT2D eigenvalue weighted by atomic mass is 16.2. The molecule has 4 rings (SSSR count). The van der Waals surface area contributed by atoms with Gasteiger partial charge in [-0.3, -0.25) is 9.59 Å². The molecule has 144 valence electrons. The van der Waals surface area contributed by atoms with E-state index in [0.29, 0.717) is 17.7 Å². The van der Waals surface area contributed by atoms with Crippen LogP contribution in [0.3, 0.4) is 0 Å². The van der Waals surface area contributed by atoms with Crippen LogP contribution in [0, 0.1) is 0 Å². The van der Waals surface area contributed by atoms with Gasteiger partial charge >= 0.3 is 0 Å². The van der Waals surface area contributed by atoms with Crippen molar-refractivity contribution in [2.24, 2.45) is 0 Å². The fraction of sp³-hybridized carbons (Fsp3) is 0.545. The van der Waals surface area contributed by atoms with Crippen LogP contribution < -0.4 is 10.2 Å². The van der Waals surface area contributed by atoms with E-state index in [1.165, 1.54) is 31.3 Å². The monoisotopic (exact) mass is 367 g/mol. The fourth-order valence-electron chi connectivity index (χ4n) is 4.58. The second-order valence-corrected chi connectivity index (χ2v) is 7.93. The first kappa shape index (κ1) is 18.1. The van der Waals surface area contributed by atoms with Gasteiger partial charge in [0.05, 0.1) is 11.3 Å². The largest absolute Gasteiger partial charge is 0.354 e. The van der Waals surface area contributed by atoms with E-state index >= 15 is 0 Å². The van der Waals surface area contributed by atoms with Gasteiger partial charge < -0.3 is 15.1 Å². The summed E-state index contributed by atoms with van der Waals surface area (Å²) in [6, 6.07) is 5.48. The number of amides is 2. The molecule has 0 radical (unpaired) electrons. The minimum Gasteiger partial charge on any atom is -0.354 e. The third-order valence-corrected chi connectivity index (χ3v) is 6.17. The fourth-order valence-corrected chi connectivity index (χ4v) is 4.58. The van der Waals surface area contributed by atoms with Gasteiger partial charge in [-0.15, -0.1) is 0 Å². The lowest BCUT2D eigenvalue weighted by molar-refractivity contribution is 0.0589. The Labute approximate surface area is 161 Å². The second-order valence-electron chi connectivity index (χ2n) is 7.93. The first-order valence-corrected chi connectivity index (χ1v) is 10.3. The van der Waals surface area contributed by atoms with Crippen molar-refractivity contribution in [1.82, 2.24) is 10.2 Å².